The Balaban J connectivity index is 2.05. The van der Waals surface area contributed by atoms with E-state index in [1.807, 2.05) is 6.92 Å². The van der Waals surface area contributed by atoms with Crippen molar-refractivity contribution in [3.8, 4) is 5.75 Å². The molecule has 0 saturated heterocycles. The topological polar surface area (TPSA) is 41.5 Å². The molecular formula is C15H20F3NO2. The molecule has 3 nitrogen and oxygen atoms in total. The number of rotatable bonds is 5. The van der Waals surface area contributed by atoms with Crippen molar-refractivity contribution in [1.29, 1.82) is 0 Å². The lowest BCUT2D eigenvalue weighted by atomic mass is 9.92. The summed E-state index contributed by atoms with van der Waals surface area (Å²) in [6, 6.07) is 3.65. The molecule has 0 amide bonds. The first-order valence-electron chi connectivity index (χ1n) is 7.14. The predicted molar refractivity (Wildman–Crippen MR) is 72.8 cm³/mol. The lowest BCUT2D eigenvalue weighted by Crippen LogP contribution is -2.36. The van der Waals surface area contributed by atoms with Crippen molar-refractivity contribution in [2.45, 2.75) is 57.4 Å². The number of hydrogen-bond donors (Lipinski definition) is 2. The van der Waals surface area contributed by atoms with Crippen molar-refractivity contribution in [2.24, 2.45) is 0 Å². The summed E-state index contributed by atoms with van der Waals surface area (Å²) in [5, 5.41) is 12.8. The highest BCUT2D eigenvalue weighted by Crippen LogP contribution is 2.29. The zero-order valence-electron chi connectivity index (χ0n) is 11.9. The van der Waals surface area contributed by atoms with Gasteiger partial charge in [-0.05, 0) is 38.7 Å². The predicted octanol–water partition coefficient (Wildman–Crippen LogP) is 3.38. The van der Waals surface area contributed by atoms with Crippen LogP contribution in [0.15, 0.2) is 18.2 Å². The fraction of sp³-hybridized carbons (Fsp3) is 0.600. The number of halogens is 3. The van der Waals surface area contributed by atoms with Crippen LogP contribution < -0.4 is 10.1 Å². The van der Waals surface area contributed by atoms with Crippen LogP contribution >= 0.6 is 0 Å². The molecule has 1 saturated carbocycles. The summed E-state index contributed by atoms with van der Waals surface area (Å²) in [6.45, 7) is -1.15. The molecule has 1 fully saturated rings. The van der Waals surface area contributed by atoms with Gasteiger partial charge in [-0.25, -0.2) is 4.39 Å². The molecule has 0 aliphatic heterocycles. The van der Waals surface area contributed by atoms with Crippen LogP contribution in [0.1, 0.15) is 44.2 Å². The maximum Gasteiger partial charge on any atom is 0.387 e. The summed E-state index contributed by atoms with van der Waals surface area (Å²) in [5.41, 5.74) is 0.503. The van der Waals surface area contributed by atoms with Crippen molar-refractivity contribution in [2.75, 3.05) is 0 Å². The van der Waals surface area contributed by atoms with Crippen molar-refractivity contribution in [3.63, 3.8) is 0 Å². The minimum atomic E-state index is -2.98. The van der Waals surface area contributed by atoms with Gasteiger partial charge in [0.25, 0.3) is 0 Å². The number of alkyl halides is 2. The molecule has 2 rings (SSSR count). The molecule has 0 radical (unpaired) electrons. The molecule has 0 aromatic heterocycles. The van der Waals surface area contributed by atoms with E-state index < -0.39 is 12.4 Å². The van der Waals surface area contributed by atoms with Crippen LogP contribution in [0.5, 0.6) is 5.75 Å². The normalized spacial score (nSPS) is 24.1. The van der Waals surface area contributed by atoms with Gasteiger partial charge in [0.1, 0.15) is 11.6 Å². The Morgan fingerprint density at radius 3 is 2.52 bits per heavy atom. The SMILES string of the molecule is CC(NC1CCC(O)CC1)c1ccc(F)cc1OC(F)F. The molecule has 1 aromatic rings. The Hall–Kier alpha value is -1.27. The zero-order chi connectivity index (χ0) is 15.4. The van der Waals surface area contributed by atoms with Crippen molar-refractivity contribution in [3.05, 3.63) is 29.6 Å². The van der Waals surface area contributed by atoms with Gasteiger partial charge in [0.2, 0.25) is 0 Å². The second kappa shape index (κ2) is 7.13. The Bertz CT molecular complexity index is 462. The maximum atomic E-state index is 13.2. The minimum Gasteiger partial charge on any atom is -0.434 e. The van der Waals surface area contributed by atoms with Gasteiger partial charge < -0.3 is 15.2 Å². The Labute approximate surface area is 122 Å². The fourth-order valence-electron chi connectivity index (χ4n) is 2.75. The molecule has 1 atom stereocenters. The monoisotopic (exact) mass is 303 g/mol. The van der Waals surface area contributed by atoms with Crippen LogP contribution in [-0.4, -0.2) is 23.9 Å². The third kappa shape index (κ3) is 4.61. The van der Waals surface area contributed by atoms with Crippen LogP contribution in [0.3, 0.4) is 0 Å². The van der Waals surface area contributed by atoms with Gasteiger partial charge in [-0.2, -0.15) is 8.78 Å². The summed E-state index contributed by atoms with van der Waals surface area (Å²) in [5.74, 6) is -0.747. The molecule has 0 spiro atoms. The van der Waals surface area contributed by atoms with Crippen LogP contribution in [0.25, 0.3) is 0 Å². The second-order valence-corrected chi connectivity index (χ2v) is 5.45. The van der Waals surface area contributed by atoms with Crippen molar-refractivity contribution < 1.29 is 23.0 Å². The summed E-state index contributed by atoms with van der Waals surface area (Å²) < 4.78 is 42.4. The molecule has 2 N–H and O–H groups in total. The van der Waals surface area contributed by atoms with Crippen LogP contribution in [0.2, 0.25) is 0 Å². The van der Waals surface area contributed by atoms with Crippen molar-refractivity contribution >= 4 is 0 Å². The number of hydrogen-bond acceptors (Lipinski definition) is 3. The van der Waals surface area contributed by atoms with E-state index in [0.29, 0.717) is 5.56 Å². The minimum absolute atomic E-state index is 0.138. The van der Waals surface area contributed by atoms with Gasteiger partial charge in [-0.3, -0.25) is 0 Å². The van der Waals surface area contributed by atoms with Gasteiger partial charge in [-0.15, -0.1) is 0 Å². The maximum absolute atomic E-state index is 13.2. The first kappa shape index (κ1) is 16.1. The molecule has 1 unspecified atom stereocenters. The van der Waals surface area contributed by atoms with Gasteiger partial charge in [-0.1, -0.05) is 6.07 Å². The standard InChI is InChI=1S/C15H20F3NO2/c1-9(19-11-3-5-12(20)6-4-11)13-7-2-10(16)8-14(13)21-15(17)18/h2,7-9,11-12,15,19-20H,3-6H2,1H3. The van der Waals surface area contributed by atoms with E-state index in [4.69, 9.17) is 0 Å². The highest BCUT2D eigenvalue weighted by atomic mass is 19.3. The number of benzene rings is 1. The van der Waals surface area contributed by atoms with E-state index in [9.17, 15) is 18.3 Å². The molecule has 0 bridgehead atoms. The fourth-order valence-corrected chi connectivity index (χ4v) is 2.75. The summed E-state index contributed by atoms with van der Waals surface area (Å²) >= 11 is 0. The average Bonchev–Trinajstić information content (AvgIpc) is 2.40. The van der Waals surface area contributed by atoms with E-state index in [1.165, 1.54) is 12.1 Å². The molecule has 0 heterocycles. The lowest BCUT2D eigenvalue weighted by molar-refractivity contribution is -0.0508. The summed E-state index contributed by atoms with van der Waals surface area (Å²) in [4.78, 5) is 0. The Morgan fingerprint density at radius 2 is 1.90 bits per heavy atom. The average molecular weight is 303 g/mol. The van der Waals surface area contributed by atoms with Crippen molar-refractivity contribution in [1.82, 2.24) is 5.32 Å². The molecule has 21 heavy (non-hydrogen) atoms. The Morgan fingerprint density at radius 1 is 1.24 bits per heavy atom. The largest absolute Gasteiger partial charge is 0.434 e. The molecule has 118 valence electrons. The number of aliphatic hydroxyl groups is 1. The second-order valence-electron chi connectivity index (χ2n) is 5.45. The molecule has 6 heteroatoms. The smallest absolute Gasteiger partial charge is 0.387 e. The quantitative estimate of drug-likeness (QED) is 0.876. The van der Waals surface area contributed by atoms with E-state index in [0.717, 1.165) is 31.7 Å². The number of aliphatic hydroxyl groups excluding tert-OH is 1. The lowest BCUT2D eigenvalue weighted by Gasteiger charge is -2.29. The van der Waals surface area contributed by atoms with Crippen LogP contribution in [0, 0.1) is 5.82 Å². The van der Waals surface area contributed by atoms with Crippen LogP contribution in [0.4, 0.5) is 13.2 Å². The molecule has 1 aliphatic rings. The summed E-state index contributed by atoms with van der Waals surface area (Å²) in [7, 11) is 0. The van der Waals surface area contributed by atoms with Gasteiger partial charge in [0, 0.05) is 23.7 Å². The van der Waals surface area contributed by atoms with Gasteiger partial charge in [0.05, 0.1) is 6.10 Å². The number of ether oxygens (including phenoxy) is 1. The molecule has 1 aliphatic carbocycles. The van der Waals surface area contributed by atoms with Crippen LogP contribution in [-0.2, 0) is 0 Å². The number of nitrogens with one attached hydrogen (secondary N) is 1. The highest BCUT2D eigenvalue weighted by Gasteiger charge is 2.23. The first-order valence-corrected chi connectivity index (χ1v) is 7.14. The van der Waals surface area contributed by atoms with Gasteiger partial charge >= 0.3 is 6.61 Å². The Kier molecular flexibility index (Phi) is 5.47. The molecular weight excluding hydrogens is 283 g/mol. The third-order valence-electron chi connectivity index (χ3n) is 3.84. The van der Waals surface area contributed by atoms with E-state index in [-0.39, 0.29) is 23.9 Å². The molecule has 1 aromatic carbocycles. The van der Waals surface area contributed by atoms with E-state index in [1.54, 1.807) is 0 Å². The first-order chi connectivity index (χ1) is 9.95. The third-order valence-corrected chi connectivity index (χ3v) is 3.84. The van der Waals surface area contributed by atoms with E-state index >= 15 is 0 Å². The van der Waals surface area contributed by atoms with Gasteiger partial charge in [0.15, 0.2) is 0 Å². The zero-order valence-corrected chi connectivity index (χ0v) is 11.9. The van der Waals surface area contributed by atoms with E-state index in [2.05, 4.69) is 10.1 Å². The summed E-state index contributed by atoms with van der Waals surface area (Å²) in [6.07, 6.45) is 2.87. The highest BCUT2D eigenvalue weighted by molar-refractivity contribution is 5.36.